The minimum atomic E-state index is -3.11. The summed E-state index contributed by atoms with van der Waals surface area (Å²) in [7, 11) is 0. The van der Waals surface area contributed by atoms with Gasteiger partial charge >= 0.3 is 43.9 Å². The molecule has 7 heteroatoms. The maximum absolute atomic E-state index is 8.44. The molecule has 0 aliphatic carbocycles. The van der Waals surface area contributed by atoms with E-state index in [2.05, 4.69) is 0 Å². The summed E-state index contributed by atoms with van der Waals surface area (Å²) in [4.78, 5) is 16.2. The normalized spacial score (nSPS) is 5.38. The van der Waals surface area contributed by atoms with Gasteiger partial charge in [-0.25, -0.2) is 0 Å². The average Bonchev–Trinajstić information content (AvgIpc) is 1.33. The van der Waals surface area contributed by atoms with Crippen molar-refractivity contribution in [2.45, 2.75) is 0 Å². The molecule has 0 amide bonds. The van der Waals surface area contributed by atoms with Crippen molar-refractivity contribution in [1.29, 1.82) is 0 Å². The first-order chi connectivity index (χ1) is 3.15. The van der Waals surface area contributed by atoms with Crippen molar-refractivity contribution in [3.63, 3.8) is 0 Å². The predicted molar refractivity (Wildman–Crippen MR) is 20.5 cm³/mol. The van der Waals surface area contributed by atoms with Gasteiger partial charge in [0.1, 0.15) is 0 Å². The Morgan fingerprint density at radius 3 is 1.25 bits per heavy atom. The molecular weight excluding hydrogens is 164 g/mol. The molecule has 0 heterocycles. The summed E-state index contributed by atoms with van der Waals surface area (Å²) < 4.78 is 25.3. The fraction of sp³-hybridized carbons (Fsp3) is 0. The molecule has 0 atom stereocenters. The van der Waals surface area contributed by atoms with Gasteiger partial charge in [-0.3, -0.25) is 4.21 Å². The van der Waals surface area contributed by atoms with Crippen LogP contribution in [-0.2, 0) is 21.0 Å². The molecule has 0 bridgehead atoms. The molecule has 0 N–H and O–H groups in total. The molecule has 0 aromatic rings. The summed E-state index contributed by atoms with van der Waals surface area (Å²) in [6, 6.07) is 0. The van der Waals surface area contributed by atoms with Gasteiger partial charge in [0.2, 0.25) is 0 Å². The van der Waals surface area contributed by atoms with Crippen LogP contribution in [0.15, 0.2) is 0 Å². The zero-order valence-corrected chi connectivity index (χ0v) is 6.68. The Hall–Kier alpha value is 0.710. The molecule has 42 valence electrons. The summed E-state index contributed by atoms with van der Waals surface area (Å²) in [5.74, 6) is 0. The van der Waals surface area contributed by atoms with Gasteiger partial charge in [-0.05, 0) is 0 Å². The van der Waals surface area contributed by atoms with E-state index in [0.717, 1.165) is 0 Å². The Morgan fingerprint density at radius 2 is 1.25 bits per heavy atom. The van der Waals surface area contributed by atoms with Gasteiger partial charge < -0.3 is 9.11 Å². The summed E-state index contributed by atoms with van der Waals surface area (Å²) in [6.45, 7) is 0. The minimum Gasteiger partial charge on any atom is -0.784 e. The zero-order chi connectivity index (χ0) is 6.28. The van der Waals surface area contributed by atoms with Crippen LogP contribution in [0.2, 0.25) is 0 Å². The van der Waals surface area contributed by atoms with Gasteiger partial charge in [0, 0.05) is 0 Å². The van der Waals surface area contributed by atoms with Gasteiger partial charge in [0.15, 0.2) is 0 Å². The van der Waals surface area contributed by atoms with Crippen LogP contribution in [0.4, 0.5) is 0 Å². The van der Waals surface area contributed by atoms with Crippen molar-refractivity contribution in [1.82, 2.24) is 0 Å². The van der Waals surface area contributed by atoms with E-state index in [0.29, 0.717) is 0 Å². The van der Waals surface area contributed by atoms with Crippen molar-refractivity contribution in [2.24, 2.45) is 0 Å². The fourth-order valence-corrected chi connectivity index (χ4v) is 0. The molecular formula is CCaO5S. The van der Waals surface area contributed by atoms with E-state index in [1.54, 1.807) is 0 Å². The zero-order valence-electron chi connectivity index (χ0n) is 3.66. The maximum Gasteiger partial charge on any atom is 2.00 e. The second-order valence-corrected chi connectivity index (χ2v) is 0.696. The van der Waals surface area contributed by atoms with E-state index in [-0.39, 0.29) is 43.9 Å². The van der Waals surface area contributed by atoms with E-state index < -0.39 is 11.4 Å². The van der Waals surface area contributed by atoms with Gasteiger partial charge in [-0.15, -0.1) is 11.4 Å². The number of hydrogen-bond donors (Lipinski definition) is 0. The fourth-order valence-electron chi connectivity index (χ4n) is 0. The van der Waals surface area contributed by atoms with Gasteiger partial charge in [0.25, 0.3) is 0 Å². The maximum atomic E-state index is 8.44. The molecule has 5 nitrogen and oxygen atoms in total. The molecule has 0 unspecified atom stereocenters. The van der Waals surface area contributed by atoms with E-state index in [9.17, 15) is 0 Å². The third-order valence-corrected chi connectivity index (χ3v) is 0. The summed E-state index contributed by atoms with van der Waals surface area (Å²) in [5.41, 5.74) is 0. The quantitative estimate of drug-likeness (QED) is 0.305. The number of rotatable bonds is 0. The van der Waals surface area contributed by atoms with E-state index in [1.807, 2.05) is 0 Å². The van der Waals surface area contributed by atoms with Crippen LogP contribution in [-0.4, -0.2) is 57.2 Å². The Bertz CT molecular complexity index is 80.4. The molecule has 0 saturated carbocycles. The third kappa shape index (κ3) is 434. The molecule has 0 aromatic carbocycles. The largest absolute Gasteiger partial charge is 2.00 e. The molecule has 0 saturated heterocycles. The average molecular weight is 164 g/mol. The first-order valence-corrected chi connectivity index (χ1v) is 1.91. The molecule has 0 aliphatic heterocycles. The Morgan fingerprint density at radius 1 is 1.25 bits per heavy atom. The van der Waals surface area contributed by atoms with Gasteiger partial charge in [-0.2, -0.15) is 9.59 Å². The van der Waals surface area contributed by atoms with E-state index in [1.165, 1.54) is 0 Å². The van der Waals surface area contributed by atoms with Crippen LogP contribution < -0.4 is 0 Å². The first kappa shape index (κ1) is 15.9. The molecule has 0 aromatic heterocycles. The smallest absolute Gasteiger partial charge is 0.784 e. The Balaban J connectivity index is -0.0000000575. The van der Waals surface area contributed by atoms with Crippen LogP contribution in [0.5, 0.6) is 0 Å². The molecule has 0 rings (SSSR count). The van der Waals surface area contributed by atoms with Gasteiger partial charge in [-0.1, -0.05) is 0 Å². The predicted octanol–water partition coefficient (Wildman–Crippen LogP) is -1.97. The monoisotopic (exact) mass is 164 g/mol. The van der Waals surface area contributed by atoms with Crippen molar-refractivity contribution >= 4 is 55.3 Å². The van der Waals surface area contributed by atoms with Crippen molar-refractivity contribution < 1.29 is 22.9 Å². The number of hydrogen-bond acceptors (Lipinski definition) is 5. The summed E-state index contributed by atoms with van der Waals surface area (Å²) in [6.07, 6.45) is 0.250. The van der Waals surface area contributed by atoms with Crippen LogP contribution in [0.25, 0.3) is 0 Å². The van der Waals surface area contributed by atoms with Crippen LogP contribution in [0.1, 0.15) is 0 Å². The summed E-state index contributed by atoms with van der Waals surface area (Å²) >= 11 is -3.11. The summed E-state index contributed by atoms with van der Waals surface area (Å²) in [5, 5.41) is 0. The molecule has 0 fully saturated rings. The van der Waals surface area contributed by atoms with Crippen LogP contribution in [0.3, 0.4) is 0 Å². The Kier molecular flexibility index (Phi) is 31.1. The number of carbonyl (C=O) groups excluding carboxylic acids is 2. The van der Waals surface area contributed by atoms with Crippen molar-refractivity contribution in [2.75, 3.05) is 0 Å². The van der Waals surface area contributed by atoms with Crippen molar-refractivity contribution in [3.8, 4) is 0 Å². The van der Waals surface area contributed by atoms with Crippen molar-refractivity contribution in [3.05, 3.63) is 0 Å². The van der Waals surface area contributed by atoms with E-state index in [4.69, 9.17) is 22.9 Å². The van der Waals surface area contributed by atoms with Crippen LogP contribution in [0, 0.1) is 0 Å². The minimum absolute atomic E-state index is 0. The van der Waals surface area contributed by atoms with Crippen LogP contribution >= 0.6 is 0 Å². The molecule has 0 radical (unpaired) electrons. The second-order valence-electron chi connectivity index (χ2n) is 0.287. The second kappa shape index (κ2) is 15.6. The first-order valence-electron chi connectivity index (χ1n) is 0.908. The standard InChI is InChI=1S/CO2.Ca.H2O3S/c2-1-3;;1-4(2)3/h;;(H2,1,2,3)/q;+2;/p-2. The SMILES string of the molecule is O=C=O.O=S([O-])[O-].[Ca+2]. The van der Waals surface area contributed by atoms with Gasteiger partial charge in [0.05, 0.1) is 0 Å². The molecule has 0 aliphatic rings. The topological polar surface area (TPSA) is 97.3 Å². The molecule has 0 spiro atoms. The molecule has 8 heavy (non-hydrogen) atoms. The third-order valence-electron chi connectivity index (χ3n) is 0. The van der Waals surface area contributed by atoms with E-state index >= 15 is 0 Å². The Labute approximate surface area is 77.6 Å².